The lowest BCUT2D eigenvalue weighted by Gasteiger charge is -2.24. The van der Waals surface area contributed by atoms with Gasteiger partial charge in [-0.1, -0.05) is 6.07 Å². The Balaban J connectivity index is 2.11. The molecule has 0 aliphatic rings. The van der Waals surface area contributed by atoms with E-state index in [1.54, 1.807) is 14.2 Å². The quantitative estimate of drug-likeness (QED) is 0.707. The number of hydrogen-bond acceptors (Lipinski definition) is 5. The number of rotatable bonds is 9. The molecule has 0 fully saturated rings. The first-order chi connectivity index (χ1) is 11.6. The van der Waals surface area contributed by atoms with E-state index in [2.05, 4.69) is 47.1 Å². The largest absolute Gasteiger partial charge is 0.493 e. The summed E-state index contributed by atoms with van der Waals surface area (Å²) in [4.78, 5) is 8.73. The van der Waals surface area contributed by atoms with E-state index in [1.807, 2.05) is 24.5 Å². The van der Waals surface area contributed by atoms with Crippen molar-refractivity contribution < 1.29 is 9.47 Å². The predicted molar refractivity (Wildman–Crippen MR) is 96.5 cm³/mol. The van der Waals surface area contributed by atoms with Crippen molar-refractivity contribution in [2.75, 3.05) is 41.4 Å². The van der Waals surface area contributed by atoms with Gasteiger partial charge in [0.15, 0.2) is 11.5 Å². The van der Waals surface area contributed by atoms with Crippen LogP contribution in [0.2, 0.25) is 0 Å². The highest BCUT2D eigenvalue weighted by atomic mass is 16.5. The summed E-state index contributed by atoms with van der Waals surface area (Å²) in [6, 6.07) is 10.2. The highest BCUT2D eigenvalue weighted by molar-refractivity contribution is 5.42. The fourth-order valence-electron chi connectivity index (χ4n) is 2.54. The average Bonchev–Trinajstić information content (AvgIpc) is 2.60. The number of hydrogen-bond donors (Lipinski definition) is 0. The number of likely N-dealkylation sites (N-methyl/N-ethyl adjacent to an activating group) is 1. The zero-order valence-corrected chi connectivity index (χ0v) is 15.0. The monoisotopic (exact) mass is 329 g/mol. The molecule has 0 saturated heterocycles. The maximum atomic E-state index is 5.41. The van der Waals surface area contributed by atoms with Crippen LogP contribution in [0.25, 0.3) is 0 Å². The molecule has 5 heteroatoms. The minimum absolute atomic E-state index is 0.759. The fourth-order valence-corrected chi connectivity index (χ4v) is 2.54. The lowest BCUT2D eigenvalue weighted by Crippen LogP contribution is -2.31. The molecule has 1 heterocycles. The van der Waals surface area contributed by atoms with Gasteiger partial charge in [0.2, 0.25) is 0 Å². The Labute approximate surface area is 144 Å². The smallest absolute Gasteiger partial charge is 0.161 e. The topological polar surface area (TPSA) is 37.8 Å². The molecule has 0 saturated carbocycles. The fraction of sp³-hybridized carbons (Fsp3) is 0.421. The van der Waals surface area contributed by atoms with Gasteiger partial charge in [-0.2, -0.15) is 0 Å². The molecule has 0 amide bonds. The second-order valence-corrected chi connectivity index (χ2v) is 6.06. The van der Waals surface area contributed by atoms with Crippen molar-refractivity contribution in [3.05, 3.63) is 53.9 Å². The van der Waals surface area contributed by atoms with Crippen LogP contribution in [0.5, 0.6) is 11.5 Å². The molecular formula is C19H27N3O2. The van der Waals surface area contributed by atoms with E-state index < -0.39 is 0 Å². The molecule has 2 aromatic rings. The Morgan fingerprint density at radius 1 is 0.833 bits per heavy atom. The zero-order chi connectivity index (χ0) is 17.4. The molecule has 0 aliphatic heterocycles. The van der Waals surface area contributed by atoms with E-state index in [1.165, 1.54) is 11.1 Å². The normalized spacial score (nSPS) is 11.1. The maximum absolute atomic E-state index is 5.41. The molecule has 0 atom stereocenters. The van der Waals surface area contributed by atoms with Crippen molar-refractivity contribution in [3.63, 3.8) is 0 Å². The molecule has 0 radical (unpaired) electrons. The molecule has 0 N–H and O–H groups in total. The van der Waals surface area contributed by atoms with E-state index in [4.69, 9.17) is 9.47 Å². The number of benzene rings is 1. The molecule has 0 bridgehead atoms. The molecular weight excluding hydrogens is 302 g/mol. The van der Waals surface area contributed by atoms with Crippen LogP contribution in [-0.4, -0.2) is 56.2 Å². The van der Waals surface area contributed by atoms with Crippen molar-refractivity contribution in [2.24, 2.45) is 0 Å². The van der Waals surface area contributed by atoms with Crippen LogP contribution in [0.4, 0.5) is 0 Å². The number of aromatic nitrogens is 1. The number of ether oxygens (including phenoxy) is 2. The van der Waals surface area contributed by atoms with E-state index >= 15 is 0 Å². The van der Waals surface area contributed by atoms with Gasteiger partial charge in [-0.15, -0.1) is 0 Å². The second kappa shape index (κ2) is 9.25. The zero-order valence-electron chi connectivity index (χ0n) is 15.0. The summed E-state index contributed by atoms with van der Waals surface area (Å²) in [5.74, 6) is 1.53. The molecule has 1 aromatic carbocycles. The van der Waals surface area contributed by atoms with E-state index in [-0.39, 0.29) is 0 Å². The van der Waals surface area contributed by atoms with Gasteiger partial charge >= 0.3 is 0 Å². The Morgan fingerprint density at radius 2 is 1.50 bits per heavy atom. The van der Waals surface area contributed by atoms with Crippen molar-refractivity contribution in [3.8, 4) is 11.5 Å². The summed E-state index contributed by atoms with van der Waals surface area (Å²) in [7, 11) is 7.52. The molecule has 0 unspecified atom stereocenters. The SMILES string of the molecule is COc1ccc(CN(CCN(C)C)Cc2ccncc2)cc1OC. The first-order valence-corrected chi connectivity index (χ1v) is 8.09. The van der Waals surface area contributed by atoms with Crippen LogP contribution in [-0.2, 0) is 13.1 Å². The van der Waals surface area contributed by atoms with E-state index in [9.17, 15) is 0 Å². The summed E-state index contributed by atoms with van der Waals surface area (Å²) < 4.78 is 10.7. The molecule has 1 aromatic heterocycles. The summed E-state index contributed by atoms with van der Waals surface area (Å²) in [5, 5.41) is 0. The van der Waals surface area contributed by atoms with Crippen molar-refractivity contribution in [2.45, 2.75) is 13.1 Å². The van der Waals surface area contributed by atoms with Crippen LogP contribution < -0.4 is 9.47 Å². The van der Waals surface area contributed by atoms with Gasteiger partial charge in [0, 0.05) is 38.6 Å². The van der Waals surface area contributed by atoms with Crippen molar-refractivity contribution in [1.82, 2.24) is 14.8 Å². The maximum Gasteiger partial charge on any atom is 0.161 e. The Morgan fingerprint density at radius 3 is 2.12 bits per heavy atom. The summed E-state index contributed by atoms with van der Waals surface area (Å²) in [5.41, 5.74) is 2.48. The summed E-state index contributed by atoms with van der Waals surface area (Å²) >= 11 is 0. The Bertz CT molecular complexity index is 617. The summed E-state index contributed by atoms with van der Waals surface area (Å²) in [6.45, 7) is 3.75. The van der Waals surface area contributed by atoms with Gasteiger partial charge in [-0.05, 0) is 49.5 Å². The van der Waals surface area contributed by atoms with Gasteiger partial charge in [-0.3, -0.25) is 9.88 Å². The van der Waals surface area contributed by atoms with Crippen LogP contribution in [0.3, 0.4) is 0 Å². The van der Waals surface area contributed by atoms with Crippen LogP contribution in [0.1, 0.15) is 11.1 Å². The van der Waals surface area contributed by atoms with Gasteiger partial charge in [0.05, 0.1) is 14.2 Å². The minimum atomic E-state index is 0.759. The van der Waals surface area contributed by atoms with Crippen LogP contribution in [0, 0.1) is 0 Å². The van der Waals surface area contributed by atoms with Gasteiger partial charge in [-0.25, -0.2) is 0 Å². The third-order valence-electron chi connectivity index (χ3n) is 3.87. The highest BCUT2D eigenvalue weighted by Gasteiger charge is 2.10. The van der Waals surface area contributed by atoms with Gasteiger partial charge in [0.1, 0.15) is 0 Å². The Hall–Kier alpha value is -2.11. The number of nitrogens with zero attached hydrogens (tertiary/aromatic N) is 3. The van der Waals surface area contributed by atoms with Crippen molar-refractivity contribution >= 4 is 0 Å². The molecule has 2 rings (SSSR count). The standard InChI is InChI=1S/C19H27N3O2/c1-21(2)11-12-22(14-16-7-9-20-10-8-16)15-17-5-6-18(23-3)19(13-17)24-4/h5-10,13H,11-12,14-15H2,1-4H3. The highest BCUT2D eigenvalue weighted by Crippen LogP contribution is 2.28. The van der Waals surface area contributed by atoms with Gasteiger partial charge < -0.3 is 14.4 Å². The van der Waals surface area contributed by atoms with Gasteiger partial charge in [0.25, 0.3) is 0 Å². The predicted octanol–water partition coefficient (Wildman–Crippen LogP) is 2.66. The molecule has 0 spiro atoms. The first-order valence-electron chi connectivity index (χ1n) is 8.09. The molecule has 0 aliphatic carbocycles. The number of methoxy groups -OCH3 is 2. The third-order valence-corrected chi connectivity index (χ3v) is 3.87. The first kappa shape index (κ1) is 18.2. The van der Waals surface area contributed by atoms with E-state index in [0.29, 0.717) is 0 Å². The average molecular weight is 329 g/mol. The third kappa shape index (κ3) is 5.51. The summed E-state index contributed by atoms with van der Waals surface area (Å²) in [6.07, 6.45) is 3.69. The number of pyridine rings is 1. The van der Waals surface area contributed by atoms with E-state index in [0.717, 1.165) is 37.7 Å². The van der Waals surface area contributed by atoms with Crippen LogP contribution in [0.15, 0.2) is 42.7 Å². The van der Waals surface area contributed by atoms with Crippen LogP contribution >= 0.6 is 0 Å². The lowest BCUT2D eigenvalue weighted by molar-refractivity contribution is 0.226. The minimum Gasteiger partial charge on any atom is -0.493 e. The molecule has 5 nitrogen and oxygen atoms in total. The lowest BCUT2D eigenvalue weighted by atomic mass is 10.1. The van der Waals surface area contributed by atoms with Crippen molar-refractivity contribution in [1.29, 1.82) is 0 Å². The molecule has 24 heavy (non-hydrogen) atoms. The molecule has 130 valence electrons. The Kier molecular flexibility index (Phi) is 7.03. The second-order valence-electron chi connectivity index (χ2n) is 6.06.